The number of aromatic amines is 1. The van der Waals surface area contributed by atoms with E-state index in [1.54, 1.807) is 10.9 Å². The van der Waals surface area contributed by atoms with Crippen LogP contribution in [0.2, 0.25) is 0 Å². The van der Waals surface area contributed by atoms with Gasteiger partial charge in [0.05, 0.1) is 29.0 Å². The fourth-order valence-corrected chi connectivity index (χ4v) is 3.76. The minimum atomic E-state index is -0.362. The molecule has 0 unspecified atom stereocenters. The maximum Gasteiger partial charge on any atom is 0.272 e. The van der Waals surface area contributed by atoms with Crippen molar-refractivity contribution in [3.05, 3.63) is 40.4 Å². The van der Waals surface area contributed by atoms with Crippen LogP contribution in [0.4, 0.5) is 0 Å². The number of fused-ring (bicyclic) bond motifs is 3. The number of carbonyl (C=O) groups is 1. The molecule has 0 spiro atoms. The van der Waals surface area contributed by atoms with Crippen LogP contribution in [0.3, 0.4) is 0 Å². The van der Waals surface area contributed by atoms with Gasteiger partial charge in [0.15, 0.2) is 5.69 Å². The molecule has 0 aromatic carbocycles. The molecule has 138 valence electrons. The first kappa shape index (κ1) is 17.0. The highest BCUT2D eigenvalue weighted by Crippen LogP contribution is 2.57. The Bertz CT molecular complexity index is 924. The van der Waals surface area contributed by atoms with Crippen molar-refractivity contribution in [3.8, 4) is 5.82 Å². The van der Waals surface area contributed by atoms with E-state index in [9.17, 15) is 14.8 Å². The number of hydrogen-bond acceptors (Lipinski definition) is 4. The Hall–Kier alpha value is -2.48. The second-order valence-corrected chi connectivity index (χ2v) is 8.34. The van der Waals surface area contributed by atoms with E-state index in [0.717, 1.165) is 24.1 Å². The van der Waals surface area contributed by atoms with E-state index in [1.807, 2.05) is 20.8 Å². The molecule has 0 saturated heterocycles. The van der Waals surface area contributed by atoms with Gasteiger partial charge in [0.25, 0.3) is 12.1 Å². The molecule has 1 amide bonds. The Kier molecular flexibility index (Phi) is 3.76. The lowest BCUT2D eigenvalue weighted by Gasteiger charge is -2.29. The molecule has 3 atom stereocenters. The summed E-state index contributed by atoms with van der Waals surface area (Å²) in [5.74, 6) is 1.24. The van der Waals surface area contributed by atoms with E-state index in [-0.39, 0.29) is 24.0 Å². The van der Waals surface area contributed by atoms with Crippen molar-refractivity contribution in [2.45, 2.75) is 45.6 Å². The van der Waals surface area contributed by atoms with Crippen molar-refractivity contribution in [1.82, 2.24) is 20.1 Å². The largest absolute Gasteiger partial charge is 0.394 e. The number of H-pyrrole nitrogens is 1. The van der Waals surface area contributed by atoms with E-state index in [1.165, 1.54) is 12.4 Å². The highest BCUT2D eigenvalue weighted by atomic mass is 16.3. The van der Waals surface area contributed by atoms with Gasteiger partial charge in [-0.05, 0) is 24.2 Å². The predicted molar refractivity (Wildman–Crippen MR) is 93.6 cm³/mol. The number of aliphatic hydroxyl groups is 1. The maximum atomic E-state index is 12.9. The summed E-state index contributed by atoms with van der Waals surface area (Å²) >= 11 is 0. The van der Waals surface area contributed by atoms with Crippen molar-refractivity contribution >= 4 is 5.91 Å². The molecule has 26 heavy (non-hydrogen) atoms. The van der Waals surface area contributed by atoms with Crippen molar-refractivity contribution < 1.29 is 14.3 Å². The molecular formula is C18H24N5O3+. The van der Waals surface area contributed by atoms with Crippen molar-refractivity contribution in [3.63, 3.8) is 0 Å². The molecular weight excluding hydrogens is 334 g/mol. The van der Waals surface area contributed by atoms with Crippen LogP contribution in [0.25, 0.3) is 5.82 Å². The van der Waals surface area contributed by atoms with Gasteiger partial charge in [0.1, 0.15) is 0 Å². The number of amides is 1. The molecule has 2 aromatic heterocycles. The quantitative estimate of drug-likeness (QED) is 0.706. The first-order valence-electron chi connectivity index (χ1n) is 8.94. The first-order valence-corrected chi connectivity index (χ1v) is 8.94. The number of rotatable bonds is 4. The summed E-state index contributed by atoms with van der Waals surface area (Å²) in [5.41, 5.74) is 2.12. The molecule has 4 rings (SSSR count). The van der Waals surface area contributed by atoms with Gasteiger partial charge in [-0.25, -0.2) is 4.68 Å². The lowest BCUT2D eigenvalue weighted by molar-refractivity contribution is -0.495. The van der Waals surface area contributed by atoms with E-state index < -0.39 is 0 Å². The highest BCUT2D eigenvalue weighted by Gasteiger charge is 2.50. The average Bonchev–Trinajstić information content (AvgIpc) is 3.07. The van der Waals surface area contributed by atoms with Crippen LogP contribution in [-0.2, 0) is 6.42 Å². The monoisotopic (exact) mass is 358 g/mol. The fourth-order valence-electron chi connectivity index (χ4n) is 3.76. The van der Waals surface area contributed by atoms with Gasteiger partial charge in [-0.2, -0.15) is 5.10 Å². The Morgan fingerprint density at radius 2 is 2.31 bits per heavy atom. The minimum Gasteiger partial charge on any atom is -0.394 e. The highest BCUT2D eigenvalue weighted by molar-refractivity contribution is 5.94. The molecule has 2 aromatic rings. The van der Waals surface area contributed by atoms with Gasteiger partial charge in [-0.1, -0.05) is 20.8 Å². The summed E-state index contributed by atoms with van der Waals surface area (Å²) in [6.45, 7) is 5.78. The van der Waals surface area contributed by atoms with E-state index in [0.29, 0.717) is 27.8 Å². The van der Waals surface area contributed by atoms with Gasteiger partial charge in [-0.3, -0.25) is 4.79 Å². The molecule has 0 radical (unpaired) electrons. The third-order valence-electron chi connectivity index (χ3n) is 5.44. The first-order chi connectivity index (χ1) is 12.3. The number of aromatic nitrogens is 4. The molecule has 3 N–H and O–H groups in total. The third kappa shape index (κ3) is 2.74. The lowest BCUT2D eigenvalue weighted by Crippen LogP contribution is -2.46. The molecule has 1 fully saturated rings. The van der Waals surface area contributed by atoms with Gasteiger partial charge in [0, 0.05) is 16.4 Å². The van der Waals surface area contributed by atoms with E-state index in [4.69, 9.17) is 0 Å². The minimum absolute atomic E-state index is 0.133. The van der Waals surface area contributed by atoms with Crippen LogP contribution in [-0.4, -0.2) is 38.4 Å². The zero-order valence-corrected chi connectivity index (χ0v) is 15.2. The van der Waals surface area contributed by atoms with Gasteiger partial charge in [0.2, 0.25) is 12.0 Å². The lowest BCUT2D eigenvalue weighted by atomic mass is 9.87. The smallest absolute Gasteiger partial charge is 0.272 e. The molecule has 2 aliphatic rings. The Morgan fingerprint density at radius 3 is 2.96 bits per heavy atom. The van der Waals surface area contributed by atoms with Crippen LogP contribution < -0.4 is 9.74 Å². The van der Waals surface area contributed by atoms with Crippen molar-refractivity contribution in [2.75, 3.05) is 6.61 Å². The Labute approximate surface area is 150 Å². The maximum absolute atomic E-state index is 12.9. The summed E-state index contributed by atoms with van der Waals surface area (Å²) in [6, 6.07) is -0.362. The summed E-state index contributed by atoms with van der Waals surface area (Å²) in [4.78, 5) is 27.5. The number of carbonyl (C=O) groups excluding carboxylic acids is 1. The van der Waals surface area contributed by atoms with E-state index >= 15 is 0 Å². The summed E-state index contributed by atoms with van der Waals surface area (Å²) in [6.07, 6.45) is 6.28. The number of nitrogens with one attached hydrogen (secondary N) is 2. The molecule has 0 aliphatic heterocycles. The number of hydrogen-bond donors (Lipinski definition) is 3. The third-order valence-corrected chi connectivity index (χ3v) is 5.44. The van der Waals surface area contributed by atoms with Crippen LogP contribution >= 0.6 is 0 Å². The summed E-state index contributed by atoms with van der Waals surface area (Å²) in [5, 5.41) is 17.1. The summed E-state index contributed by atoms with van der Waals surface area (Å²) < 4.78 is 2.40. The van der Waals surface area contributed by atoms with E-state index in [2.05, 4.69) is 15.4 Å². The van der Waals surface area contributed by atoms with Gasteiger partial charge in [-0.15, -0.1) is 0 Å². The Balaban J connectivity index is 1.72. The zero-order valence-electron chi connectivity index (χ0n) is 15.2. The zero-order chi connectivity index (χ0) is 18.6. The second-order valence-electron chi connectivity index (χ2n) is 8.34. The van der Waals surface area contributed by atoms with Crippen LogP contribution in [0, 0.1) is 16.2 Å². The van der Waals surface area contributed by atoms with Gasteiger partial charge >= 0.3 is 0 Å². The molecule has 1 saturated carbocycles. The standard InChI is InChI=1S/C18H23N5O3/c1-18(2,3)13(9-24)20-17(25)15-12-7-10-6-11(10)16(12)23(21-15)14-8-22(26)5-4-19-14/h4-5,8,10-11,13,24H,6-7,9H2,1-3H3,(H-,19,20,25,26)/p+1/t10-,11-,13+/m1/s1. The SMILES string of the molecule is CC(C)(C)[C@H](CO)NC(=O)c1nn(-c2c[n+](=O)cc[nH]2)c2c1C[C@H]1C[C@@H]21. The van der Waals surface area contributed by atoms with Crippen molar-refractivity contribution in [2.24, 2.45) is 11.3 Å². The fraction of sp³-hybridized carbons (Fsp3) is 0.556. The Morgan fingerprint density at radius 1 is 1.54 bits per heavy atom. The van der Waals surface area contributed by atoms with Crippen LogP contribution in [0.15, 0.2) is 18.6 Å². The number of nitrogens with zero attached hydrogens (tertiary/aromatic N) is 3. The molecule has 0 bridgehead atoms. The summed E-state index contributed by atoms with van der Waals surface area (Å²) in [7, 11) is 0. The normalized spacial score (nSPS) is 21.8. The molecule has 8 heteroatoms. The molecule has 2 heterocycles. The van der Waals surface area contributed by atoms with Crippen LogP contribution in [0.5, 0.6) is 0 Å². The predicted octanol–water partition coefficient (Wildman–Crippen LogP) is 0.911. The average molecular weight is 358 g/mol. The second kappa shape index (κ2) is 5.77. The van der Waals surface area contributed by atoms with Crippen molar-refractivity contribution in [1.29, 1.82) is 0 Å². The number of aliphatic hydroxyl groups excluding tert-OH is 1. The molecule has 8 nitrogen and oxygen atoms in total. The topological polar surface area (TPSA) is 106 Å². The molecule has 2 aliphatic carbocycles. The van der Waals surface area contributed by atoms with Gasteiger partial charge < -0.3 is 15.4 Å². The van der Waals surface area contributed by atoms with Crippen LogP contribution in [0.1, 0.15) is 54.9 Å².